The van der Waals surface area contributed by atoms with Crippen LogP contribution in [-0.2, 0) is 16.0 Å². The summed E-state index contributed by atoms with van der Waals surface area (Å²) in [4.78, 5) is 26.6. The van der Waals surface area contributed by atoms with Gasteiger partial charge in [-0.15, -0.1) is 11.8 Å². The molecule has 0 saturated carbocycles. The van der Waals surface area contributed by atoms with Crippen molar-refractivity contribution in [3.63, 3.8) is 0 Å². The van der Waals surface area contributed by atoms with Crippen LogP contribution in [-0.4, -0.2) is 48.8 Å². The minimum atomic E-state index is -0.0795. The molecule has 5 nitrogen and oxygen atoms in total. The van der Waals surface area contributed by atoms with Crippen LogP contribution >= 0.6 is 11.8 Å². The van der Waals surface area contributed by atoms with Crippen molar-refractivity contribution in [3.05, 3.63) is 71.3 Å². The van der Waals surface area contributed by atoms with Crippen LogP contribution in [0.2, 0.25) is 0 Å². The molecule has 1 N–H and O–H groups in total. The van der Waals surface area contributed by atoms with E-state index >= 15 is 0 Å². The van der Waals surface area contributed by atoms with Crippen LogP contribution < -0.4 is 5.32 Å². The molecule has 1 aliphatic rings. The maximum atomic E-state index is 12.4. The number of rotatable bonds is 10. The zero-order valence-electron chi connectivity index (χ0n) is 16.8. The lowest BCUT2D eigenvalue weighted by atomic mass is 10.1. The number of ether oxygens (including phenoxy) is 1. The highest BCUT2D eigenvalue weighted by atomic mass is 32.2. The number of benzene rings is 2. The van der Waals surface area contributed by atoms with Crippen molar-refractivity contribution in [1.82, 2.24) is 10.2 Å². The maximum Gasteiger partial charge on any atom is 0.251 e. The number of thioether (sulfide) groups is 1. The lowest BCUT2D eigenvalue weighted by molar-refractivity contribution is -0.128. The first kappa shape index (κ1) is 21.4. The Morgan fingerprint density at radius 2 is 1.93 bits per heavy atom. The second-order valence-corrected chi connectivity index (χ2v) is 7.98. The van der Waals surface area contributed by atoms with E-state index in [0.717, 1.165) is 18.4 Å². The molecule has 29 heavy (non-hydrogen) atoms. The lowest BCUT2D eigenvalue weighted by Gasteiger charge is -2.24. The molecule has 0 spiro atoms. The van der Waals surface area contributed by atoms with E-state index < -0.39 is 0 Å². The molecular formula is C23H28N2O3S. The molecule has 3 rings (SSSR count). The van der Waals surface area contributed by atoms with Crippen molar-refractivity contribution >= 4 is 23.6 Å². The van der Waals surface area contributed by atoms with Gasteiger partial charge in [-0.05, 0) is 43.0 Å². The summed E-state index contributed by atoms with van der Waals surface area (Å²) in [5, 5.41) is 2.92. The predicted octanol–water partition coefficient (Wildman–Crippen LogP) is 3.66. The average Bonchev–Trinajstić information content (AvgIpc) is 3.13. The number of carbonyl (C=O) groups is 2. The number of amides is 2. The quantitative estimate of drug-likeness (QED) is 0.605. The molecule has 1 fully saturated rings. The monoisotopic (exact) mass is 412 g/mol. The van der Waals surface area contributed by atoms with E-state index in [1.165, 1.54) is 5.56 Å². The van der Waals surface area contributed by atoms with Crippen molar-refractivity contribution in [1.29, 1.82) is 0 Å². The molecule has 2 aromatic carbocycles. The smallest absolute Gasteiger partial charge is 0.251 e. The van der Waals surface area contributed by atoms with Gasteiger partial charge in [0.2, 0.25) is 5.91 Å². The Labute approximate surface area is 176 Å². The highest BCUT2D eigenvalue weighted by molar-refractivity contribution is 8.00. The van der Waals surface area contributed by atoms with Crippen LogP contribution in [0.1, 0.15) is 40.2 Å². The third-order valence-electron chi connectivity index (χ3n) is 4.87. The van der Waals surface area contributed by atoms with Crippen LogP contribution in [0.3, 0.4) is 0 Å². The standard InChI is InChI=1S/C23H28N2O3S/c1-2-28-16-6-14-24-22(27)19-9-11-20(12-10-19)23-25(21(26)17-29-23)15-13-18-7-4-3-5-8-18/h3-5,7-12,23H,2,6,13-17H2,1H3,(H,24,27)/t23-/m0/s1. The summed E-state index contributed by atoms with van der Waals surface area (Å²) in [6.45, 7) is 4.60. The predicted molar refractivity (Wildman–Crippen MR) is 117 cm³/mol. The van der Waals surface area contributed by atoms with Gasteiger partial charge in [0.1, 0.15) is 5.37 Å². The molecule has 1 aliphatic heterocycles. The summed E-state index contributed by atoms with van der Waals surface area (Å²) < 4.78 is 5.27. The molecule has 1 heterocycles. The first-order chi connectivity index (χ1) is 14.2. The van der Waals surface area contributed by atoms with Crippen molar-refractivity contribution < 1.29 is 14.3 Å². The minimum Gasteiger partial charge on any atom is -0.382 e. The zero-order valence-corrected chi connectivity index (χ0v) is 17.6. The summed E-state index contributed by atoms with van der Waals surface area (Å²) in [5.41, 5.74) is 2.92. The number of nitrogens with zero attached hydrogens (tertiary/aromatic N) is 1. The summed E-state index contributed by atoms with van der Waals surface area (Å²) in [5.74, 6) is 0.595. The van der Waals surface area contributed by atoms with Gasteiger partial charge in [0.15, 0.2) is 0 Å². The molecule has 0 radical (unpaired) electrons. The number of carbonyl (C=O) groups excluding carboxylic acids is 2. The van der Waals surface area contributed by atoms with Crippen molar-refractivity contribution in [2.45, 2.75) is 25.1 Å². The first-order valence-electron chi connectivity index (χ1n) is 10.1. The van der Waals surface area contributed by atoms with Gasteiger partial charge in [-0.3, -0.25) is 9.59 Å². The summed E-state index contributed by atoms with van der Waals surface area (Å²) in [6.07, 6.45) is 1.64. The van der Waals surface area contributed by atoms with Crippen LogP contribution in [0, 0.1) is 0 Å². The maximum absolute atomic E-state index is 12.4. The van der Waals surface area contributed by atoms with Crippen LogP contribution in [0.25, 0.3) is 0 Å². The van der Waals surface area contributed by atoms with E-state index in [1.54, 1.807) is 11.8 Å². The Morgan fingerprint density at radius 1 is 1.17 bits per heavy atom. The van der Waals surface area contributed by atoms with Crippen LogP contribution in [0.5, 0.6) is 0 Å². The van der Waals surface area contributed by atoms with E-state index in [2.05, 4.69) is 17.4 Å². The Hall–Kier alpha value is -2.31. The summed E-state index contributed by atoms with van der Waals surface area (Å²) >= 11 is 1.64. The largest absolute Gasteiger partial charge is 0.382 e. The van der Waals surface area contributed by atoms with Gasteiger partial charge in [0.25, 0.3) is 5.91 Å². The highest BCUT2D eigenvalue weighted by Crippen LogP contribution is 2.38. The fourth-order valence-electron chi connectivity index (χ4n) is 3.29. The molecular weight excluding hydrogens is 384 g/mol. The Kier molecular flexibility index (Phi) is 8.14. The zero-order chi connectivity index (χ0) is 20.5. The molecule has 0 bridgehead atoms. The van der Waals surface area contributed by atoms with Crippen LogP contribution in [0.4, 0.5) is 0 Å². The van der Waals surface area contributed by atoms with Gasteiger partial charge in [0.05, 0.1) is 5.75 Å². The van der Waals surface area contributed by atoms with Crippen molar-refractivity contribution in [2.24, 2.45) is 0 Å². The normalized spacial score (nSPS) is 16.2. The molecule has 1 saturated heterocycles. The minimum absolute atomic E-state index is 0.00881. The van der Waals surface area contributed by atoms with Crippen molar-refractivity contribution in [3.8, 4) is 0 Å². The van der Waals surface area contributed by atoms with E-state index in [9.17, 15) is 9.59 Å². The molecule has 0 unspecified atom stereocenters. The Morgan fingerprint density at radius 3 is 2.66 bits per heavy atom. The van der Waals surface area contributed by atoms with Gasteiger partial charge < -0.3 is 15.0 Å². The third-order valence-corrected chi connectivity index (χ3v) is 6.12. The number of hydrogen-bond acceptors (Lipinski definition) is 4. The van der Waals surface area contributed by atoms with Gasteiger partial charge in [-0.25, -0.2) is 0 Å². The number of nitrogens with one attached hydrogen (secondary N) is 1. The molecule has 1 atom stereocenters. The van der Waals surface area contributed by atoms with E-state index in [1.807, 2.05) is 54.3 Å². The molecule has 6 heteroatoms. The van der Waals surface area contributed by atoms with Gasteiger partial charge >= 0.3 is 0 Å². The molecule has 0 aromatic heterocycles. The fourth-order valence-corrected chi connectivity index (χ4v) is 4.51. The second kappa shape index (κ2) is 11.0. The number of hydrogen-bond donors (Lipinski definition) is 1. The van der Waals surface area contributed by atoms with E-state index in [0.29, 0.717) is 37.6 Å². The van der Waals surface area contributed by atoms with Gasteiger partial charge in [0, 0.05) is 31.9 Å². The average molecular weight is 413 g/mol. The Bertz CT molecular complexity index is 796. The Balaban J connectivity index is 1.56. The SMILES string of the molecule is CCOCCCNC(=O)c1ccc([C@@H]2SCC(=O)N2CCc2ccccc2)cc1. The van der Waals surface area contributed by atoms with Gasteiger partial charge in [-0.1, -0.05) is 42.5 Å². The van der Waals surface area contributed by atoms with E-state index in [-0.39, 0.29) is 17.2 Å². The molecule has 0 aliphatic carbocycles. The second-order valence-electron chi connectivity index (χ2n) is 6.91. The molecule has 154 valence electrons. The summed E-state index contributed by atoms with van der Waals surface area (Å²) in [6, 6.07) is 17.8. The lowest BCUT2D eigenvalue weighted by Crippen LogP contribution is -2.30. The summed E-state index contributed by atoms with van der Waals surface area (Å²) in [7, 11) is 0. The van der Waals surface area contributed by atoms with Crippen molar-refractivity contribution in [2.75, 3.05) is 32.1 Å². The molecule has 2 amide bonds. The molecule has 2 aromatic rings. The highest BCUT2D eigenvalue weighted by Gasteiger charge is 2.32. The fraction of sp³-hybridized carbons (Fsp3) is 0.391. The first-order valence-corrected chi connectivity index (χ1v) is 11.1. The van der Waals surface area contributed by atoms with Gasteiger partial charge in [-0.2, -0.15) is 0 Å². The topological polar surface area (TPSA) is 58.6 Å². The third kappa shape index (κ3) is 6.08. The van der Waals surface area contributed by atoms with E-state index in [4.69, 9.17) is 4.74 Å². The van der Waals surface area contributed by atoms with Crippen LogP contribution in [0.15, 0.2) is 54.6 Å².